The molecule has 0 saturated heterocycles. The van der Waals surface area contributed by atoms with Crippen LogP contribution in [-0.4, -0.2) is 31.6 Å². The Labute approximate surface area is 65.5 Å². The zero-order valence-electron chi connectivity index (χ0n) is 6.70. The summed E-state index contributed by atoms with van der Waals surface area (Å²) in [5.41, 5.74) is 0. The number of carbonyl (C=O) groups is 2. The smallest absolute Gasteiger partial charge is 0.303 e. The summed E-state index contributed by atoms with van der Waals surface area (Å²) in [6.07, 6.45) is -0.204. The molecular weight excluding hydrogens is 148 g/mol. The lowest BCUT2D eigenvalue weighted by atomic mass is 10.4. The Morgan fingerprint density at radius 2 is 2.27 bits per heavy atom. The lowest BCUT2D eigenvalue weighted by molar-refractivity contribution is -0.152. The van der Waals surface area contributed by atoms with Crippen LogP contribution in [0.1, 0.15) is 13.8 Å². The zero-order chi connectivity index (χ0) is 8.69. The van der Waals surface area contributed by atoms with Crippen molar-refractivity contribution in [3.8, 4) is 0 Å². The maximum atomic E-state index is 10.3. The van der Waals surface area contributed by atoms with Crippen LogP contribution < -0.4 is 0 Å². The monoisotopic (exact) mass is 160 g/mol. The molecule has 0 aliphatic heterocycles. The fourth-order valence-corrected chi connectivity index (χ4v) is 0.548. The van der Waals surface area contributed by atoms with Gasteiger partial charge in [0.15, 0.2) is 12.4 Å². The van der Waals surface area contributed by atoms with E-state index in [-0.39, 0.29) is 6.61 Å². The summed E-state index contributed by atoms with van der Waals surface area (Å²) in [4.78, 5) is 20.5. The van der Waals surface area contributed by atoms with Gasteiger partial charge in [-0.15, -0.1) is 0 Å². The Kier molecular flexibility index (Phi) is 5.37. The lowest BCUT2D eigenvalue weighted by Gasteiger charge is -2.09. The maximum absolute atomic E-state index is 10.3. The third kappa shape index (κ3) is 5.54. The van der Waals surface area contributed by atoms with Gasteiger partial charge in [0.1, 0.15) is 0 Å². The van der Waals surface area contributed by atoms with Crippen LogP contribution in [0.3, 0.4) is 0 Å². The van der Waals surface area contributed by atoms with E-state index >= 15 is 0 Å². The van der Waals surface area contributed by atoms with Gasteiger partial charge in [-0.1, -0.05) is 0 Å². The molecule has 0 aromatic carbocycles. The van der Waals surface area contributed by atoms with Gasteiger partial charge < -0.3 is 9.47 Å². The van der Waals surface area contributed by atoms with Crippen molar-refractivity contribution in [3.63, 3.8) is 0 Å². The first-order chi connectivity index (χ1) is 5.20. The van der Waals surface area contributed by atoms with E-state index in [0.717, 1.165) is 0 Å². The van der Waals surface area contributed by atoms with Crippen LogP contribution in [0.4, 0.5) is 0 Å². The van der Waals surface area contributed by atoms with Gasteiger partial charge in [-0.25, -0.2) is 0 Å². The number of aldehydes is 1. The number of rotatable bonds is 5. The van der Waals surface area contributed by atoms with Crippen molar-refractivity contribution in [1.29, 1.82) is 0 Å². The highest BCUT2D eigenvalue weighted by Gasteiger charge is 2.09. The highest BCUT2D eigenvalue weighted by Crippen LogP contribution is 1.90. The molecule has 0 bridgehead atoms. The van der Waals surface area contributed by atoms with E-state index in [1.165, 1.54) is 6.92 Å². The Balaban J connectivity index is 3.57. The molecule has 0 aliphatic rings. The normalized spacial score (nSPS) is 12.2. The predicted molar refractivity (Wildman–Crippen MR) is 38.1 cm³/mol. The molecule has 0 saturated carbocycles. The Bertz CT molecular complexity index is 132. The average molecular weight is 160 g/mol. The van der Waals surface area contributed by atoms with Crippen molar-refractivity contribution in [2.75, 3.05) is 13.2 Å². The molecule has 4 heteroatoms. The fourth-order valence-electron chi connectivity index (χ4n) is 0.548. The number of ether oxygens (including phenoxy) is 2. The first-order valence-corrected chi connectivity index (χ1v) is 3.41. The van der Waals surface area contributed by atoms with Gasteiger partial charge >= 0.3 is 5.97 Å². The van der Waals surface area contributed by atoms with Gasteiger partial charge in [-0.2, -0.15) is 0 Å². The summed E-state index contributed by atoms with van der Waals surface area (Å²) in [6.45, 7) is 3.70. The van der Waals surface area contributed by atoms with Crippen LogP contribution in [0.5, 0.6) is 0 Å². The van der Waals surface area contributed by atoms with Crippen molar-refractivity contribution in [2.24, 2.45) is 0 Å². The van der Waals surface area contributed by atoms with Gasteiger partial charge in [0.2, 0.25) is 0 Å². The molecule has 0 aromatic heterocycles. The minimum absolute atomic E-state index is 0.138. The Morgan fingerprint density at radius 1 is 1.64 bits per heavy atom. The van der Waals surface area contributed by atoms with Crippen molar-refractivity contribution >= 4 is 12.3 Å². The third-order valence-corrected chi connectivity index (χ3v) is 0.955. The Morgan fingerprint density at radius 3 is 2.64 bits per heavy atom. The van der Waals surface area contributed by atoms with Crippen molar-refractivity contribution < 1.29 is 19.1 Å². The first-order valence-electron chi connectivity index (χ1n) is 3.41. The van der Waals surface area contributed by atoms with E-state index in [0.29, 0.717) is 12.9 Å². The van der Waals surface area contributed by atoms with Crippen LogP contribution in [0.15, 0.2) is 0 Å². The lowest BCUT2D eigenvalue weighted by Crippen LogP contribution is -2.23. The summed E-state index contributed by atoms with van der Waals surface area (Å²) in [7, 11) is 0. The summed E-state index contributed by atoms with van der Waals surface area (Å²) in [6, 6.07) is 0. The van der Waals surface area contributed by atoms with E-state index in [2.05, 4.69) is 4.74 Å². The highest BCUT2D eigenvalue weighted by molar-refractivity contribution is 5.70. The minimum atomic E-state index is -0.757. The predicted octanol–water partition coefficient (Wildman–Crippen LogP) is 0.153. The molecule has 0 aliphatic carbocycles. The van der Waals surface area contributed by atoms with Gasteiger partial charge in [-0.05, 0) is 6.92 Å². The molecule has 64 valence electrons. The summed E-state index contributed by atoms with van der Waals surface area (Å²) in [5.74, 6) is -0.471. The number of hydrogen-bond acceptors (Lipinski definition) is 4. The number of carbonyl (C=O) groups excluding carboxylic acids is 2. The van der Waals surface area contributed by atoms with E-state index in [9.17, 15) is 9.59 Å². The molecule has 0 rings (SSSR count). The maximum Gasteiger partial charge on any atom is 0.303 e. The molecule has 4 nitrogen and oxygen atoms in total. The van der Waals surface area contributed by atoms with Crippen LogP contribution in [0.25, 0.3) is 0 Å². The summed E-state index contributed by atoms with van der Waals surface area (Å²) in [5, 5.41) is 0. The molecule has 0 radical (unpaired) electrons. The molecular formula is C7H12O4. The van der Waals surface area contributed by atoms with E-state index in [1.807, 2.05) is 0 Å². The topological polar surface area (TPSA) is 52.6 Å². The zero-order valence-corrected chi connectivity index (χ0v) is 6.70. The second kappa shape index (κ2) is 5.85. The molecule has 0 spiro atoms. The van der Waals surface area contributed by atoms with E-state index < -0.39 is 12.1 Å². The molecule has 11 heavy (non-hydrogen) atoms. The Hall–Kier alpha value is -0.900. The van der Waals surface area contributed by atoms with Crippen molar-refractivity contribution in [2.45, 2.75) is 20.0 Å². The second-order valence-electron chi connectivity index (χ2n) is 1.94. The molecule has 0 aromatic rings. The molecule has 1 atom stereocenters. The molecule has 1 unspecified atom stereocenters. The van der Waals surface area contributed by atoms with Gasteiger partial charge in [0.25, 0.3) is 0 Å². The molecule has 0 amide bonds. The number of esters is 1. The molecule has 0 N–H and O–H groups in total. The third-order valence-electron chi connectivity index (χ3n) is 0.955. The van der Waals surface area contributed by atoms with E-state index in [4.69, 9.17) is 4.74 Å². The quantitative estimate of drug-likeness (QED) is 0.424. The van der Waals surface area contributed by atoms with E-state index in [1.54, 1.807) is 6.92 Å². The van der Waals surface area contributed by atoms with Crippen LogP contribution in [-0.2, 0) is 19.1 Å². The summed E-state index contributed by atoms with van der Waals surface area (Å²) >= 11 is 0. The first kappa shape index (κ1) is 10.1. The second-order valence-corrected chi connectivity index (χ2v) is 1.94. The fraction of sp³-hybridized carbons (Fsp3) is 0.714. The van der Waals surface area contributed by atoms with Crippen LogP contribution in [0.2, 0.25) is 0 Å². The standard InChI is InChI=1S/C7H12O4/c1-3-10-5-7(4-8)11-6(2)9/h4,7H,3,5H2,1-2H3. The molecule has 0 fully saturated rings. The van der Waals surface area contributed by atoms with Gasteiger partial charge in [0.05, 0.1) is 6.61 Å². The van der Waals surface area contributed by atoms with Gasteiger partial charge in [-0.3, -0.25) is 9.59 Å². The summed E-state index contributed by atoms with van der Waals surface area (Å²) < 4.78 is 9.45. The van der Waals surface area contributed by atoms with Crippen LogP contribution in [0, 0.1) is 0 Å². The largest absolute Gasteiger partial charge is 0.452 e. The SMILES string of the molecule is CCOCC(C=O)OC(C)=O. The molecule has 0 heterocycles. The van der Waals surface area contributed by atoms with Gasteiger partial charge in [0, 0.05) is 13.5 Å². The average Bonchev–Trinajstić information content (AvgIpc) is 1.97. The highest BCUT2D eigenvalue weighted by atomic mass is 16.6. The minimum Gasteiger partial charge on any atom is -0.452 e. The van der Waals surface area contributed by atoms with Crippen molar-refractivity contribution in [1.82, 2.24) is 0 Å². The van der Waals surface area contributed by atoms with Crippen molar-refractivity contribution in [3.05, 3.63) is 0 Å². The number of hydrogen-bond donors (Lipinski definition) is 0. The van der Waals surface area contributed by atoms with Crippen LogP contribution >= 0.6 is 0 Å².